The molecule has 0 aliphatic heterocycles. The summed E-state index contributed by atoms with van der Waals surface area (Å²) >= 11 is 0. The molecule has 0 saturated heterocycles. The molecular formula is C14H20N4O2. The maximum atomic E-state index is 8.58. The Morgan fingerprint density at radius 2 is 2.25 bits per heavy atom. The predicted octanol–water partition coefficient (Wildman–Crippen LogP) is 0.960. The minimum Gasteiger partial charge on any atom is -0.394 e. The standard InChI is InChI=1S/C14H20N4O2/c19-6-8-20-7-2-5-16-10-13-11-17-18-14(13)12-3-1-4-15-9-12/h1,3-4,9,11,16,19H,2,5-8,10H2,(H,17,18). The summed E-state index contributed by atoms with van der Waals surface area (Å²) in [4.78, 5) is 4.11. The molecule has 0 saturated carbocycles. The van der Waals surface area contributed by atoms with E-state index in [9.17, 15) is 0 Å². The van der Waals surface area contributed by atoms with Crippen molar-refractivity contribution < 1.29 is 9.84 Å². The van der Waals surface area contributed by atoms with Crippen molar-refractivity contribution in [2.45, 2.75) is 13.0 Å². The number of nitrogens with one attached hydrogen (secondary N) is 2. The fourth-order valence-electron chi connectivity index (χ4n) is 1.89. The maximum absolute atomic E-state index is 8.58. The molecule has 2 aromatic rings. The average Bonchev–Trinajstić information content (AvgIpc) is 2.96. The number of aliphatic hydroxyl groups excluding tert-OH is 1. The van der Waals surface area contributed by atoms with Gasteiger partial charge in [0.2, 0.25) is 0 Å². The molecule has 0 radical (unpaired) electrons. The Balaban J connectivity index is 1.76. The zero-order valence-corrected chi connectivity index (χ0v) is 11.4. The van der Waals surface area contributed by atoms with Gasteiger partial charge in [-0.05, 0) is 25.1 Å². The molecule has 6 heteroatoms. The highest BCUT2D eigenvalue weighted by Crippen LogP contribution is 2.19. The first-order chi connectivity index (χ1) is 9.92. The fourth-order valence-corrected chi connectivity index (χ4v) is 1.89. The second-order valence-corrected chi connectivity index (χ2v) is 4.38. The lowest BCUT2D eigenvalue weighted by atomic mass is 10.1. The summed E-state index contributed by atoms with van der Waals surface area (Å²) in [6.07, 6.45) is 6.32. The third-order valence-electron chi connectivity index (χ3n) is 2.86. The lowest BCUT2D eigenvalue weighted by Crippen LogP contribution is -2.17. The average molecular weight is 276 g/mol. The summed E-state index contributed by atoms with van der Waals surface area (Å²) < 4.78 is 5.20. The molecule has 6 nitrogen and oxygen atoms in total. The molecule has 0 bridgehead atoms. The topological polar surface area (TPSA) is 83.1 Å². The normalized spacial score (nSPS) is 10.8. The van der Waals surface area contributed by atoms with E-state index in [1.165, 1.54) is 0 Å². The van der Waals surface area contributed by atoms with Crippen LogP contribution in [0.5, 0.6) is 0 Å². The van der Waals surface area contributed by atoms with Crippen LogP contribution in [0.3, 0.4) is 0 Å². The summed E-state index contributed by atoms with van der Waals surface area (Å²) in [5, 5.41) is 19.0. The SMILES string of the molecule is OCCOCCCNCc1cn[nH]c1-c1cccnc1. The van der Waals surface area contributed by atoms with Crippen molar-refractivity contribution in [3.05, 3.63) is 36.3 Å². The van der Waals surface area contributed by atoms with Crippen molar-refractivity contribution in [1.82, 2.24) is 20.5 Å². The van der Waals surface area contributed by atoms with Crippen LogP contribution in [0.4, 0.5) is 0 Å². The van der Waals surface area contributed by atoms with Crippen LogP contribution >= 0.6 is 0 Å². The Hall–Kier alpha value is -1.76. The van der Waals surface area contributed by atoms with Gasteiger partial charge in [0.25, 0.3) is 0 Å². The summed E-state index contributed by atoms with van der Waals surface area (Å²) in [5.41, 5.74) is 3.16. The van der Waals surface area contributed by atoms with Gasteiger partial charge in [0, 0.05) is 36.7 Å². The van der Waals surface area contributed by atoms with Crippen molar-refractivity contribution >= 4 is 0 Å². The highest BCUT2D eigenvalue weighted by atomic mass is 16.5. The minimum atomic E-state index is 0.0803. The quantitative estimate of drug-likeness (QED) is 0.594. The maximum Gasteiger partial charge on any atom is 0.0710 e. The number of aromatic amines is 1. The first-order valence-corrected chi connectivity index (χ1v) is 6.74. The zero-order chi connectivity index (χ0) is 14.0. The molecule has 0 aliphatic rings. The summed E-state index contributed by atoms with van der Waals surface area (Å²) in [7, 11) is 0. The van der Waals surface area contributed by atoms with Crippen LogP contribution in [0.25, 0.3) is 11.3 Å². The summed E-state index contributed by atoms with van der Waals surface area (Å²) in [6, 6.07) is 3.92. The monoisotopic (exact) mass is 276 g/mol. The number of hydrogen-bond acceptors (Lipinski definition) is 5. The zero-order valence-electron chi connectivity index (χ0n) is 11.4. The van der Waals surface area contributed by atoms with Gasteiger partial charge in [-0.1, -0.05) is 0 Å². The number of nitrogens with zero attached hydrogens (tertiary/aromatic N) is 2. The Labute approximate surface area is 118 Å². The van der Waals surface area contributed by atoms with E-state index >= 15 is 0 Å². The fraction of sp³-hybridized carbons (Fsp3) is 0.429. The first-order valence-electron chi connectivity index (χ1n) is 6.74. The number of pyridine rings is 1. The molecule has 2 rings (SSSR count). The Bertz CT molecular complexity index is 487. The summed E-state index contributed by atoms with van der Waals surface area (Å²) in [6.45, 7) is 2.77. The van der Waals surface area contributed by atoms with E-state index in [0.717, 1.165) is 36.3 Å². The van der Waals surface area contributed by atoms with Gasteiger partial charge in [0.05, 0.1) is 25.1 Å². The van der Waals surface area contributed by atoms with Crippen molar-refractivity contribution in [1.29, 1.82) is 0 Å². The highest BCUT2D eigenvalue weighted by molar-refractivity contribution is 5.61. The van der Waals surface area contributed by atoms with Crippen molar-refractivity contribution in [2.75, 3.05) is 26.4 Å². The third-order valence-corrected chi connectivity index (χ3v) is 2.86. The van der Waals surface area contributed by atoms with E-state index in [2.05, 4.69) is 20.5 Å². The Kier molecular flexibility index (Phi) is 6.16. The van der Waals surface area contributed by atoms with Gasteiger partial charge in [-0.2, -0.15) is 5.10 Å². The van der Waals surface area contributed by atoms with E-state index in [4.69, 9.17) is 9.84 Å². The number of hydrogen-bond donors (Lipinski definition) is 3. The molecule has 0 aromatic carbocycles. The smallest absolute Gasteiger partial charge is 0.0710 e. The van der Waals surface area contributed by atoms with Crippen LogP contribution < -0.4 is 5.32 Å². The molecule has 2 aromatic heterocycles. The van der Waals surface area contributed by atoms with Crippen LogP contribution in [0, 0.1) is 0 Å². The molecule has 20 heavy (non-hydrogen) atoms. The van der Waals surface area contributed by atoms with Gasteiger partial charge in [-0.25, -0.2) is 0 Å². The van der Waals surface area contributed by atoms with Crippen molar-refractivity contribution in [2.24, 2.45) is 0 Å². The lowest BCUT2D eigenvalue weighted by molar-refractivity contribution is 0.0907. The second-order valence-electron chi connectivity index (χ2n) is 4.38. The van der Waals surface area contributed by atoms with Crippen LogP contribution in [0.1, 0.15) is 12.0 Å². The molecule has 0 atom stereocenters. The molecule has 0 spiro atoms. The third kappa shape index (κ3) is 4.41. The molecule has 0 fully saturated rings. The van der Waals surface area contributed by atoms with Crippen LogP contribution in [0.15, 0.2) is 30.7 Å². The number of aromatic nitrogens is 3. The van der Waals surface area contributed by atoms with Crippen LogP contribution in [0.2, 0.25) is 0 Å². The highest BCUT2D eigenvalue weighted by Gasteiger charge is 2.06. The number of rotatable bonds is 9. The van der Waals surface area contributed by atoms with Crippen LogP contribution in [-0.4, -0.2) is 46.7 Å². The number of ether oxygens (including phenoxy) is 1. The predicted molar refractivity (Wildman–Crippen MR) is 76.0 cm³/mol. The van der Waals surface area contributed by atoms with Gasteiger partial charge in [-0.3, -0.25) is 10.1 Å². The lowest BCUT2D eigenvalue weighted by Gasteiger charge is -2.06. The first kappa shape index (κ1) is 14.6. The van der Waals surface area contributed by atoms with Crippen molar-refractivity contribution in [3.63, 3.8) is 0 Å². The van der Waals surface area contributed by atoms with Gasteiger partial charge in [0.15, 0.2) is 0 Å². The van der Waals surface area contributed by atoms with Gasteiger partial charge >= 0.3 is 0 Å². The minimum absolute atomic E-state index is 0.0803. The molecule has 0 unspecified atom stereocenters. The van der Waals surface area contributed by atoms with Gasteiger partial charge < -0.3 is 15.2 Å². The van der Waals surface area contributed by atoms with E-state index in [0.29, 0.717) is 13.2 Å². The van der Waals surface area contributed by atoms with Gasteiger partial charge in [0.1, 0.15) is 0 Å². The molecular weight excluding hydrogens is 256 g/mol. The molecule has 108 valence electrons. The number of H-pyrrole nitrogens is 1. The molecule has 0 amide bonds. The van der Waals surface area contributed by atoms with E-state index < -0.39 is 0 Å². The van der Waals surface area contributed by atoms with Gasteiger partial charge in [-0.15, -0.1) is 0 Å². The van der Waals surface area contributed by atoms with E-state index in [1.54, 1.807) is 6.20 Å². The molecule has 3 N–H and O–H groups in total. The molecule has 2 heterocycles. The molecule has 0 aliphatic carbocycles. The van der Waals surface area contributed by atoms with E-state index in [-0.39, 0.29) is 6.61 Å². The van der Waals surface area contributed by atoms with Crippen LogP contribution in [-0.2, 0) is 11.3 Å². The number of aliphatic hydroxyl groups is 1. The summed E-state index contributed by atoms with van der Waals surface area (Å²) in [5.74, 6) is 0. The largest absolute Gasteiger partial charge is 0.394 e. The Morgan fingerprint density at radius 1 is 1.30 bits per heavy atom. The Morgan fingerprint density at radius 3 is 3.05 bits per heavy atom. The second kappa shape index (κ2) is 8.42. The van der Waals surface area contributed by atoms with E-state index in [1.807, 2.05) is 24.5 Å². The van der Waals surface area contributed by atoms with Crippen molar-refractivity contribution in [3.8, 4) is 11.3 Å².